The van der Waals surface area contributed by atoms with Gasteiger partial charge in [-0.1, -0.05) is 42.5 Å². The first-order valence-electron chi connectivity index (χ1n) is 7.41. The Hall–Kier alpha value is -2.73. The summed E-state index contributed by atoms with van der Waals surface area (Å²) in [5, 5.41) is 9.96. The van der Waals surface area contributed by atoms with Gasteiger partial charge in [0, 0.05) is 6.42 Å². The molecule has 3 aromatic rings. The second kappa shape index (κ2) is 7.23. The highest BCUT2D eigenvalue weighted by Gasteiger charge is 2.29. The molecule has 1 N–H and O–H groups in total. The van der Waals surface area contributed by atoms with Crippen molar-refractivity contribution >= 4 is 33.5 Å². The fraction of sp³-hybridized carbons (Fsp3) is 0.167. The molecule has 0 saturated carbocycles. The van der Waals surface area contributed by atoms with Crippen molar-refractivity contribution in [2.45, 2.75) is 13.0 Å². The van der Waals surface area contributed by atoms with Gasteiger partial charge >= 0.3 is 11.9 Å². The lowest BCUT2D eigenvalue weighted by Crippen LogP contribution is -2.27. The van der Waals surface area contributed by atoms with Gasteiger partial charge in [-0.3, -0.25) is 9.59 Å². The molecule has 6 heteroatoms. The number of nitrogens with zero attached hydrogens (tertiary/aromatic N) is 1. The molecule has 0 aliphatic rings. The van der Waals surface area contributed by atoms with E-state index in [1.165, 1.54) is 11.3 Å². The first-order valence-corrected chi connectivity index (χ1v) is 8.23. The Balaban J connectivity index is 1.69. The third-order valence-corrected chi connectivity index (χ3v) is 4.58. The summed E-state index contributed by atoms with van der Waals surface area (Å²) in [6, 6.07) is 16.7. The van der Waals surface area contributed by atoms with E-state index in [9.17, 15) is 14.7 Å². The van der Waals surface area contributed by atoms with Crippen LogP contribution in [-0.4, -0.2) is 22.0 Å². The maximum Gasteiger partial charge on any atom is 0.321 e. The molecule has 0 unspecified atom stereocenters. The Morgan fingerprint density at radius 2 is 1.79 bits per heavy atom. The Labute approximate surface area is 142 Å². The van der Waals surface area contributed by atoms with E-state index in [2.05, 4.69) is 4.98 Å². The summed E-state index contributed by atoms with van der Waals surface area (Å²) in [5.74, 6) is -3.20. The van der Waals surface area contributed by atoms with Crippen LogP contribution in [0.3, 0.4) is 0 Å². The minimum atomic E-state index is -1.26. The van der Waals surface area contributed by atoms with Crippen molar-refractivity contribution in [3.63, 3.8) is 0 Å². The summed E-state index contributed by atoms with van der Waals surface area (Å²) in [7, 11) is 0. The summed E-state index contributed by atoms with van der Waals surface area (Å²) in [6.07, 6.45) is 0.0301. The number of ether oxygens (including phenoxy) is 1. The molecule has 1 heterocycles. The summed E-state index contributed by atoms with van der Waals surface area (Å²) < 4.78 is 6.12. The van der Waals surface area contributed by atoms with E-state index in [-0.39, 0.29) is 13.0 Å². The number of carbonyl (C=O) groups excluding carboxylic acids is 1. The molecule has 0 aliphatic heterocycles. The number of thiazole rings is 1. The minimum absolute atomic E-state index is 0.0301. The number of aliphatic carboxylic acids is 1. The van der Waals surface area contributed by atoms with Gasteiger partial charge in [-0.15, -0.1) is 11.3 Å². The van der Waals surface area contributed by atoms with Crippen LogP contribution >= 0.6 is 11.3 Å². The van der Waals surface area contributed by atoms with Gasteiger partial charge in [-0.25, -0.2) is 4.98 Å². The van der Waals surface area contributed by atoms with Gasteiger partial charge in [0.1, 0.15) is 6.61 Å². The molecular formula is C18H15NO4S. The van der Waals surface area contributed by atoms with Crippen LogP contribution in [0.4, 0.5) is 0 Å². The Kier molecular flexibility index (Phi) is 4.86. The second-order valence-corrected chi connectivity index (χ2v) is 6.38. The van der Waals surface area contributed by atoms with Crippen molar-refractivity contribution in [2.75, 3.05) is 0 Å². The van der Waals surface area contributed by atoms with Crippen LogP contribution in [0.15, 0.2) is 54.6 Å². The molecule has 122 valence electrons. The summed E-state index contributed by atoms with van der Waals surface area (Å²) in [6.45, 7) is 0.0588. The molecule has 0 saturated heterocycles. The van der Waals surface area contributed by atoms with Gasteiger partial charge in [0.25, 0.3) is 0 Å². The Morgan fingerprint density at radius 3 is 2.50 bits per heavy atom. The average Bonchev–Trinajstić information content (AvgIpc) is 3.01. The highest BCUT2D eigenvalue weighted by atomic mass is 32.1. The van der Waals surface area contributed by atoms with Gasteiger partial charge in [-0.2, -0.15) is 0 Å². The van der Waals surface area contributed by atoms with E-state index in [1.54, 1.807) is 0 Å². The number of carboxylic acids is 1. The van der Waals surface area contributed by atoms with Crippen LogP contribution in [0.5, 0.6) is 0 Å². The lowest BCUT2D eigenvalue weighted by molar-refractivity contribution is -0.159. The van der Waals surface area contributed by atoms with Crippen LogP contribution in [0.2, 0.25) is 0 Å². The zero-order chi connectivity index (χ0) is 16.9. The standard InChI is InChI=1S/C18H15NO4S/c20-17(21)13(18(22)23-11-12-6-2-1-3-7-12)10-16-19-14-8-4-5-9-15(14)24-16/h1-9,13H,10-11H2,(H,20,21)/t13-/m0/s1. The zero-order valence-corrected chi connectivity index (χ0v) is 13.5. The van der Waals surface area contributed by atoms with Crippen molar-refractivity contribution in [2.24, 2.45) is 5.92 Å². The number of esters is 1. The fourth-order valence-electron chi connectivity index (χ4n) is 2.28. The monoisotopic (exact) mass is 341 g/mol. The van der Waals surface area contributed by atoms with Gasteiger partial charge in [-0.05, 0) is 17.7 Å². The van der Waals surface area contributed by atoms with E-state index in [0.717, 1.165) is 15.8 Å². The predicted molar refractivity (Wildman–Crippen MR) is 90.7 cm³/mol. The highest BCUT2D eigenvalue weighted by Crippen LogP contribution is 2.24. The third-order valence-electron chi connectivity index (χ3n) is 3.52. The number of para-hydroxylation sites is 1. The van der Waals surface area contributed by atoms with Crippen LogP contribution in [0, 0.1) is 5.92 Å². The first-order chi connectivity index (χ1) is 11.6. The van der Waals surface area contributed by atoms with E-state index < -0.39 is 17.9 Å². The smallest absolute Gasteiger partial charge is 0.321 e. The van der Waals surface area contributed by atoms with Crippen molar-refractivity contribution in [3.05, 3.63) is 65.2 Å². The average molecular weight is 341 g/mol. The molecule has 0 spiro atoms. The molecule has 5 nitrogen and oxygen atoms in total. The van der Waals surface area contributed by atoms with E-state index in [0.29, 0.717) is 5.01 Å². The predicted octanol–water partition coefficient (Wildman–Crippen LogP) is 3.28. The number of hydrogen-bond donors (Lipinski definition) is 1. The topological polar surface area (TPSA) is 76.5 Å². The van der Waals surface area contributed by atoms with Crippen molar-refractivity contribution in [3.8, 4) is 0 Å². The number of hydrogen-bond acceptors (Lipinski definition) is 5. The quantitative estimate of drug-likeness (QED) is 0.550. The molecule has 1 atom stereocenters. The fourth-order valence-corrected chi connectivity index (χ4v) is 3.30. The number of carbonyl (C=O) groups is 2. The van der Waals surface area contributed by atoms with Crippen LogP contribution < -0.4 is 0 Å². The van der Waals surface area contributed by atoms with E-state index in [4.69, 9.17) is 4.74 Å². The molecule has 24 heavy (non-hydrogen) atoms. The SMILES string of the molecule is O=C(O)[C@H](Cc1nc2ccccc2s1)C(=O)OCc1ccccc1. The molecule has 0 aliphatic carbocycles. The minimum Gasteiger partial charge on any atom is -0.481 e. The summed E-state index contributed by atoms with van der Waals surface area (Å²) >= 11 is 1.39. The van der Waals surface area contributed by atoms with Crippen molar-refractivity contribution in [1.29, 1.82) is 0 Å². The van der Waals surface area contributed by atoms with Gasteiger partial charge < -0.3 is 9.84 Å². The van der Waals surface area contributed by atoms with E-state index >= 15 is 0 Å². The molecule has 0 fully saturated rings. The highest BCUT2D eigenvalue weighted by molar-refractivity contribution is 7.18. The third kappa shape index (κ3) is 3.78. The number of carboxylic acid groups (broad SMARTS) is 1. The largest absolute Gasteiger partial charge is 0.481 e. The maximum atomic E-state index is 12.2. The summed E-state index contributed by atoms with van der Waals surface area (Å²) in [4.78, 5) is 28.0. The summed E-state index contributed by atoms with van der Waals surface area (Å²) in [5.41, 5.74) is 1.62. The zero-order valence-electron chi connectivity index (χ0n) is 12.7. The van der Waals surface area contributed by atoms with E-state index in [1.807, 2.05) is 54.6 Å². The molecule has 0 amide bonds. The van der Waals surface area contributed by atoms with Crippen molar-refractivity contribution < 1.29 is 19.4 Å². The van der Waals surface area contributed by atoms with Crippen LogP contribution in [-0.2, 0) is 27.4 Å². The van der Waals surface area contributed by atoms with Crippen molar-refractivity contribution in [1.82, 2.24) is 4.98 Å². The first kappa shape index (κ1) is 16.1. The molecule has 0 radical (unpaired) electrons. The maximum absolute atomic E-state index is 12.2. The number of rotatable bonds is 6. The molecule has 3 rings (SSSR count). The molecule has 0 bridgehead atoms. The molecular weight excluding hydrogens is 326 g/mol. The molecule has 2 aromatic carbocycles. The number of fused-ring (bicyclic) bond motifs is 1. The van der Waals surface area contributed by atoms with Gasteiger partial charge in [0.2, 0.25) is 0 Å². The normalized spacial score (nSPS) is 12.0. The van der Waals surface area contributed by atoms with Gasteiger partial charge in [0.15, 0.2) is 5.92 Å². The Morgan fingerprint density at radius 1 is 1.08 bits per heavy atom. The van der Waals surface area contributed by atoms with Crippen LogP contribution in [0.25, 0.3) is 10.2 Å². The van der Waals surface area contributed by atoms with Gasteiger partial charge in [0.05, 0.1) is 15.2 Å². The molecule has 1 aromatic heterocycles. The second-order valence-electron chi connectivity index (χ2n) is 5.26. The lowest BCUT2D eigenvalue weighted by atomic mass is 10.1. The lowest BCUT2D eigenvalue weighted by Gasteiger charge is -2.11. The van der Waals surface area contributed by atoms with Crippen LogP contribution in [0.1, 0.15) is 10.6 Å². The number of aromatic nitrogens is 1. The number of benzene rings is 2. The Bertz CT molecular complexity index is 827.